The summed E-state index contributed by atoms with van der Waals surface area (Å²) in [5.74, 6) is 0. The van der Waals surface area contributed by atoms with Crippen LogP contribution in [0.5, 0.6) is 0 Å². The molecule has 1 N–H and O–H groups in total. The van der Waals surface area contributed by atoms with Crippen molar-refractivity contribution in [3.63, 3.8) is 0 Å². The normalized spacial score (nSPS) is 12.1. The van der Waals surface area contributed by atoms with E-state index in [0.717, 1.165) is 55.0 Å². The highest BCUT2D eigenvalue weighted by Gasteiger charge is 2.16. The molecule has 0 aliphatic heterocycles. The fourth-order valence-corrected chi connectivity index (χ4v) is 4.02. The van der Waals surface area contributed by atoms with E-state index in [1.807, 2.05) is 84.9 Å². The monoisotopic (exact) mass is 364 g/mol. The van der Waals surface area contributed by atoms with Gasteiger partial charge in [-0.05, 0) is 47.5 Å². The Kier molecular flexibility index (Phi) is 3.16. The molecule has 0 saturated carbocycles. The Morgan fingerprint density at radius 1 is 0.500 bits per heavy atom. The summed E-state index contributed by atoms with van der Waals surface area (Å²) in [6.07, 6.45) is -0.726. The van der Waals surface area contributed by atoms with Crippen molar-refractivity contribution < 1.29 is 13.9 Å². The Bertz CT molecular complexity index is 1370. The van der Waals surface area contributed by atoms with Crippen molar-refractivity contribution in [1.29, 1.82) is 0 Å². The van der Waals surface area contributed by atoms with Crippen molar-refractivity contribution in [1.82, 2.24) is 0 Å². The summed E-state index contributed by atoms with van der Waals surface area (Å²) < 4.78 is 11.8. The van der Waals surface area contributed by atoms with Crippen molar-refractivity contribution in [3.8, 4) is 0 Å². The molecule has 0 saturated heterocycles. The van der Waals surface area contributed by atoms with Gasteiger partial charge in [0.15, 0.2) is 0 Å². The lowest BCUT2D eigenvalue weighted by Gasteiger charge is -2.11. The van der Waals surface area contributed by atoms with E-state index in [0.29, 0.717) is 0 Å². The highest BCUT2D eigenvalue weighted by atomic mass is 16.3. The molecule has 0 unspecified atom stereocenters. The summed E-state index contributed by atoms with van der Waals surface area (Å²) in [5, 5.41) is 15.2. The van der Waals surface area contributed by atoms with Crippen molar-refractivity contribution in [2.45, 2.75) is 6.10 Å². The van der Waals surface area contributed by atoms with E-state index in [-0.39, 0.29) is 0 Å². The average molecular weight is 364 g/mol. The molecule has 3 heteroatoms. The van der Waals surface area contributed by atoms with Gasteiger partial charge in [0.2, 0.25) is 0 Å². The van der Waals surface area contributed by atoms with Crippen molar-refractivity contribution in [2.24, 2.45) is 0 Å². The number of para-hydroxylation sites is 2. The van der Waals surface area contributed by atoms with Gasteiger partial charge in [0.25, 0.3) is 0 Å². The molecule has 0 aliphatic rings. The molecule has 6 aromatic rings. The number of fused-ring (bicyclic) bond motifs is 6. The summed E-state index contributed by atoms with van der Waals surface area (Å²) in [7, 11) is 0. The van der Waals surface area contributed by atoms with Crippen LogP contribution in [0.1, 0.15) is 17.2 Å². The Labute approximate surface area is 160 Å². The highest BCUT2D eigenvalue weighted by Crippen LogP contribution is 2.35. The predicted molar refractivity (Wildman–Crippen MR) is 112 cm³/mol. The molecule has 0 bridgehead atoms. The molecule has 0 fully saturated rings. The van der Waals surface area contributed by atoms with Gasteiger partial charge in [-0.25, -0.2) is 0 Å². The van der Waals surface area contributed by atoms with E-state index in [9.17, 15) is 5.11 Å². The molecule has 28 heavy (non-hydrogen) atoms. The maximum absolute atomic E-state index is 11.1. The first-order chi connectivity index (χ1) is 13.8. The number of aliphatic hydroxyl groups is 1. The maximum Gasteiger partial charge on any atom is 0.135 e. The first-order valence-electron chi connectivity index (χ1n) is 9.28. The number of furan rings is 2. The van der Waals surface area contributed by atoms with Crippen LogP contribution < -0.4 is 0 Å². The Hall–Kier alpha value is -3.56. The first-order valence-corrected chi connectivity index (χ1v) is 9.28. The second-order valence-corrected chi connectivity index (χ2v) is 7.11. The van der Waals surface area contributed by atoms with Crippen molar-refractivity contribution in [2.75, 3.05) is 0 Å². The third kappa shape index (κ3) is 2.20. The van der Waals surface area contributed by atoms with E-state index in [4.69, 9.17) is 8.83 Å². The number of aliphatic hydroxyl groups excluding tert-OH is 1. The Balaban J connectivity index is 1.50. The van der Waals surface area contributed by atoms with Gasteiger partial charge in [-0.1, -0.05) is 48.5 Å². The Morgan fingerprint density at radius 3 is 1.43 bits per heavy atom. The molecule has 2 aromatic heterocycles. The zero-order valence-corrected chi connectivity index (χ0v) is 14.9. The second kappa shape index (κ2) is 5.72. The summed E-state index contributed by atoms with van der Waals surface area (Å²) in [5.41, 5.74) is 5.05. The average Bonchev–Trinajstić information content (AvgIpc) is 3.30. The van der Waals surface area contributed by atoms with Gasteiger partial charge in [-0.15, -0.1) is 0 Å². The molecule has 6 rings (SSSR count). The maximum atomic E-state index is 11.1. The van der Waals surface area contributed by atoms with Crippen LogP contribution in [0.3, 0.4) is 0 Å². The van der Waals surface area contributed by atoms with E-state index >= 15 is 0 Å². The molecule has 0 amide bonds. The first kappa shape index (κ1) is 15.5. The van der Waals surface area contributed by atoms with Crippen LogP contribution in [0, 0.1) is 0 Å². The third-order valence-electron chi connectivity index (χ3n) is 5.43. The second-order valence-electron chi connectivity index (χ2n) is 7.11. The molecule has 0 aliphatic carbocycles. The minimum Gasteiger partial charge on any atom is -0.456 e. The zero-order valence-electron chi connectivity index (χ0n) is 14.9. The standard InChI is InChI=1S/C25H16O3/c26-25(15-9-11-23-19(13-15)17-5-1-3-7-21(17)27-23)16-10-12-24-20(14-16)18-6-2-4-8-22(18)28-24/h1-14,25-26H. The van der Waals surface area contributed by atoms with Gasteiger partial charge in [-0.3, -0.25) is 0 Å². The van der Waals surface area contributed by atoms with E-state index < -0.39 is 6.10 Å². The van der Waals surface area contributed by atoms with Gasteiger partial charge in [0.1, 0.15) is 28.4 Å². The number of hydrogen-bond acceptors (Lipinski definition) is 3. The molecule has 0 spiro atoms. The molecule has 4 aromatic carbocycles. The molecule has 0 atom stereocenters. The summed E-state index contributed by atoms with van der Waals surface area (Å²) in [4.78, 5) is 0. The lowest BCUT2D eigenvalue weighted by molar-refractivity contribution is 0.220. The van der Waals surface area contributed by atoms with Crippen LogP contribution in [-0.4, -0.2) is 5.11 Å². The fourth-order valence-electron chi connectivity index (χ4n) is 4.02. The van der Waals surface area contributed by atoms with E-state index in [2.05, 4.69) is 0 Å². The molecule has 3 nitrogen and oxygen atoms in total. The third-order valence-corrected chi connectivity index (χ3v) is 5.43. The van der Waals surface area contributed by atoms with Crippen LogP contribution in [0.15, 0.2) is 93.8 Å². The largest absolute Gasteiger partial charge is 0.456 e. The van der Waals surface area contributed by atoms with E-state index in [1.54, 1.807) is 0 Å². The SMILES string of the molecule is OC(c1ccc2oc3ccccc3c2c1)c1ccc2oc3ccccc3c2c1. The van der Waals surface area contributed by atoms with Crippen LogP contribution >= 0.6 is 0 Å². The van der Waals surface area contributed by atoms with Gasteiger partial charge >= 0.3 is 0 Å². The lowest BCUT2D eigenvalue weighted by Crippen LogP contribution is -1.99. The topological polar surface area (TPSA) is 46.5 Å². The number of rotatable bonds is 2. The van der Waals surface area contributed by atoms with Crippen LogP contribution in [0.4, 0.5) is 0 Å². The summed E-state index contributed by atoms with van der Waals surface area (Å²) in [6.45, 7) is 0. The van der Waals surface area contributed by atoms with Crippen LogP contribution in [0.2, 0.25) is 0 Å². The fraction of sp³-hybridized carbons (Fsp3) is 0.0400. The van der Waals surface area contributed by atoms with Gasteiger partial charge in [0, 0.05) is 21.5 Å². The highest BCUT2D eigenvalue weighted by molar-refractivity contribution is 6.06. The minimum absolute atomic E-state index is 0.726. The molecule has 134 valence electrons. The van der Waals surface area contributed by atoms with Crippen LogP contribution in [-0.2, 0) is 0 Å². The summed E-state index contributed by atoms with van der Waals surface area (Å²) >= 11 is 0. The van der Waals surface area contributed by atoms with Crippen molar-refractivity contribution >= 4 is 43.9 Å². The molecular formula is C25H16O3. The van der Waals surface area contributed by atoms with E-state index in [1.165, 1.54) is 0 Å². The quantitative estimate of drug-likeness (QED) is 0.378. The zero-order chi connectivity index (χ0) is 18.7. The minimum atomic E-state index is -0.726. The van der Waals surface area contributed by atoms with Gasteiger partial charge in [-0.2, -0.15) is 0 Å². The number of hydrogen-bond donors (Lipinski definition) is 1. The van der Waals surface area contributed by atoms with Crippen LogP contribution in [0.25, 0.3) is 43.9 Å². The van der Waals surface area contributed by atoms with Gasteiger partial charge in [0.05, 0.1) is 0 Å². The predicted octanol–water partition coefficient (Wildman–Crippen LogP) is 6.57. The summed E-state index contributed by atoms with van der Waals surface area (Å²) in [6, 6.07) is 27.7. The number of benzene rings is 4. The van der Waals surface area contributed by atoms with Crippen molar-refractivity contribution in [3.05, 3.63) is 96.1 Å². The Morgan fingerprint density at radius 2 is 0.929 bits per heavy atom. The molecular weight excluding hydrogens is 348 g/mol. The lowest BCUT2D eigenvalue weighted by atomic mass is 9.98. The molecule has 0 radical (unpaired) electrons. The van der Waals surface area contributed by atoms with Gasteiger partial charge < -0.3 is 13.9 Å². The smallest absolute Gasteiger partial charge is 0.135 e. The molecule has 2 heterocycles.